The molecular formula is C16H21N5O2. The van der Waals surface area contributed by atoms with Crippen LogP contribution in [-0.2, 0) is 22.5 Å². The lowest BCUT2D eigenvalue weighted by molar-refractivity contribution is -0.140. The predicted molar refractivity (Wildman–Crippen MR) is 83.6 cm³/mol. The predicted octanol–water partition coefficient (Wildman–Crippen LogP) is 0.842. The summed E-state index contributed by atoms with van der Waals surface area (Å²) < 4.78 is 7.43. The van der Waals surface area contributed by atoms with Gasteiger partial charge in [-0.3, -0.25) is 14.8 Å². The number of hydrogen-bond donors (Lipinski definition) is 0. The summed E-state index contributed by atoms with van der Waals surface area (Å²) >= 11 is 0. The Morgan fingerprint density at radius 3 is 3.00 bits per heavy atom. The van der Waals surface area contributed by atoms with Crippen molar-refractivity contribution in [2.75, 3.05) is 19.8 Å². The van der Waals surface area contributed by atoms with E-state index >= 15 is 0 Å². The molecule has 2 aromatic rings. The molecule has 1 atom stereocenters. The molecule has 0 aromatic carbocycles. The molecule has 7 heteroatoms. The van der Waals surface area contributed by atoms with E-state index in [-0.39, 0.29) is 11.9 Å². The molecule has 1 fully saturated rings. The number of imidazole rings is 1. The molecule has 23 heavy (non-hydrogen) atoms. The Morgan fingerprint density at radius 1 is 1.35 bits per heavy atom. The van der Waals surface area contributed by atoms with Crippen LogP contribution in [0.5, 0.6) is 0 Å². The third kappa shape index (κ3) is 3.92. The Bertz CT molecular complexity index is 643. The minimum absolute atomic E-state index is 0.0853. The van der Waals surface area contributed by atoms with Crippen molar-refractivity contribution in [3.05, 3.63) is 42.5 Å². The number of carbonyl (C=O) groups excluding carboxylic acids is 1. The Kier molecular flexibility index (Phi) is 4.97. The fraction of sp³-hybridized carbons (Fsp3) is 0.500. The molecule has 1 aliphatic heterocycles. The maximum Gasteiger partial charge on any atom is 0.242 e. The van der Waals surface area contributed by atoms with Gasteiger partial charge < -0.3 is 14.2 Å². The number of aryl methyl sites for hydroxylation is 2. The van der Waals surface area contributed by atoms with E-state index in [1.807, 2.05) is 22.6 Å². The van der Waals surface area contributed by atoms with E-state index in [9.17, 15) is 4.79 Å². The molecule has 2 aromatic heterocycles. The molecule has 0 aliphatic carbocycles. The van der Waals surface area contributed by atoms with Gasteiger partial charge in [-0.25, -0.2) is 4.98 Å². The lowest BCUT2D eigenvalue weighted by Crippen LogP contribution is -2.50. The Balaban J connectivity index is 1.61. The second-order valence-electron chi connectivity index (χ2n) is 5.65. The van der Waals surface area contributed by atoms with E-state index in [1.54, 1.807) is 24.8 Å². The van der Waals surface area contributed by atoms with Crippen LogP contribution in [-0.4, -0.2) is 56.1 Å². The van der Waals surface area contributed by atoms with Gasteiger partial charge in [0.15, 0.2) is 0 Å². The molecule has 1 amide bonds. The molecule has 1 aliphatic rings. The van der Waals surface area contributed by atoms with Crippen molar-refractivity contribution < 1.29 is 9.53 Å². The van der Waals surface area contributed by atoms with Crippen LogP contribution in [0.25, 0.3) is 0 Å². The molecule has 122 valence electrons. The number of morpholine rings is 1. The first-order chi connectivity index (χ1) is 11.2. The van der Waals surface area contributed by atoms with E-state index in [0.717, 1.165) is 24.4 Å². The summed E-state index contributed by atoms with van der Waals surface area (Å²) in [6, 6.07) is 0.0853. The minimum atomic E-state index is 0.0853. The third-order valence-electron chi connectivity index (χ3n) is 4.13. The fourth-order valence-electron chi connectivity index (χ4n) is 2.80. The van der Waals surface area contributed by atoms with Gasteiger partial charge in [0.2, 0.25) is 5.91 Å². The van der Waals surface area contributed by atoms with Crippen molar-refractivity contribution in [1.29, 1.82) is 0 Å². The molecule has 0 saturated carbocycles. The smallest absolute Gasteiger partial charge is 0.242 e. The van der Waals surface area contributed by atoms with Crippen LogP contribution < -0.4 is 0 Å². The molecule has 0 N–H and O–H groups in total. The zero-order valence-corrected chi connectivity index (χ0v) is 13.3. The number of ether oxygens (including phenoxy) is 1. The number of aromatic nitrogens is 4. The summed E-state index contributed by atoms with van der Waals surface area (Å²) in [6.45, 7) is 4.04. The molecular weight excluding hydrogens is 294 g/mol. The lowest BCUT2D eigenvalue weighted by atomic mass is 10.1. The van der Waals surface area contributed by atoms with Crippen molar-refractivity contribution in [1.82, 2.24) is 24.4 Å². The van der Waals surface area contributed by atoms with Gasteiger partial charge in [-0.2, -0.15) is 0 Å². The molecule has 0 radical (unpaired) electrons. The van der Waals surface area contributed by atoms with Gasteiger partial charge in [0.25, 0.3) is 0 Å². The van der Waals surface area contributed by atoms with Gasteiger partial charge in [0.05, 0.1) is 24.9 Å². The van der Waals surface area contributed by atoms with Crippen molar-refractivity contribution in [3.8, 4) is 0 Å². The van der Waals surface area contributed by atoms with Crippen LogP contribution in [0.1, 0.15) is 17.9 Å². The molecule has 3 heterocycles. The fourth-order valence-corrected chi connectivity index (χ4v) is 2.80. The lowest BCUT2D eigenvalue weighted by Gasteiger charge is -2.36. The van der Waals surface area contributed by atoms with Crippen molar-refractivity contribution in [3.63, 3.8) is 0 Å². The van der Waals surface area contributed by atoms with Gasteiger partial charge in [0.1, 0.15) is 12.4 Å². The zero-order chi connectivity index (χ0) is 16.1. The van der Waals surface area contributed by atoms with Crippen LogP contribution in [0.3, 0.4) is 0 Å². The average Bonchev–Trinajstić information content (AvgIpc) is 2.99. The number of nitrogens with zero attached hydrogens (tertiary/aromatic N) is 5. The topological polar surface area (TPSA) is 73.1 Å². The van der Waals surface area contributed by atoms with Gasteiger partial charge in [-0.15, -0.1) is 0 Å². The van der Waals surface area contributed by atoms with E-state index < -0.39 is 0 Å². The summed E-state index contributed by atoms with van der Waals surface area (Å²) in [4.78, 5) is 27.1. The number of carbonyl (C=O) groups is 1. The van der Waals surface area contributed by atoms with Crippen LogP contribution in [0.15, 0.2) is 31.0 Å². The quantitative estimate of drug-likeness (QED) is 0.817. The summed E-state index contributed by atoms with van der Waals surface area (Å²) in [5.41, 5.74) is 0.941. The number of hydrogen-bond acceptors (Lipinski definition) is 5. The maximum atomic E-state index is 12.6. The second-order valence-corrected chi connectivity index (χ2v) is 5.65. The Hall–Kier alpha value is -2.28. The highest BCUT2D eigenvalue weighted by Crippen LogP contribution is 2.14. The van der Waals surface area contributed by atoms with Crippen molar-refractivity contribution in [2.24, 2.45) is 0 Å². The second kappa shape index (κ2) is 7.32. The highest BCUT2D eigenvalue weighted by atomic mass is 16.5. The van der Waals surface area contributed by atoms with Crippen LogP contribution in [0.4, 0.5) is 0 Å². The van der Waals surface area contributed by atoms with Gasteiger partial charge in [-0.05, 0) is 19.8 Å². The average molecular weight is 315 g/mol. The summed E-state index contributed by atoms with van der Waals surface area (Å²) in [5.74, 6) is 0.960. The van der Waals surface area contributed by atoms with Crippen molar-refractivity contribution >= 4 is 5.91 Å². The SMILES string of the molecule is Cc1nccn1CC(=O)N1CCOC[C@@H]1CCc1cnccn1. The first kappa shape index (κ1) is 15.6. The van der Waals surface area contributed by atoms with Crippen LogP contribution in [0.2, 0.25) is 0 Å². The summed E-state index contributed by atoms with van der Waals surface area (Å²) in [7, 11) is 0. The summed E-state index contributed by atoms with van der Waals surface area (Å²) in [5, 5.41) is 0. The monoisotopic (exact) mass is 315 g/mol. The molecule has 1 saturated heterocycles. The van der Waals surface area contributed by atoms with Crippen LogP contribution in [0, 0.1) is 6.92 Å². The zero-order valence-electron chi connectivity index (χ0n) is 13.3. The van der Waals surface area contributed by atoms with E-state index in [0.29, 0.717) is 26.3 Å². The molecule has 7 nitrogen and oxygen atoms in total. The van der Waals surface area contributed by atoms with E-state index in [1.165, 1.54) is 0 Å². The highest BCUT2D eigenvalue weighted by Gasteiger charge is 2.27. The first-order valence-corrected chi connectivity index (χ1v) is 7.84. The Labute approximate surface area is 135 Å². The van der Waals surface area contributed by atoms with E-state index in [4.69, 9.17) is 4.74 Å². The Morgan fingerprint density at radius 2 is 2.26 bits per heavy atom. The normalized spacial score (nSPS) is 18.1. The van der Waals surface area contributed by atoms with Gasteiger partial charge in [0, 0.05) is 37.5 Å². The maximum absolute atomic E-state index is 12.6. The molecule has 0 unspecified atom stereocenters. The molecule has 0 bridgehead atoms. The molecule has 3 rings (SSSR count). The largest absolute Gasteiger partial charge is 0.377 e. The standard InChI is InChI=1S/C16H21N5O2/c1-13-18-6-7-20(13)11-16(22)21-8-9-23-12-15(21)3-2-14-10-17-4-5-19-14/h4-7,10,15H,2-3,8-9,11-12H2,1H3/t15-/m0/s1. The highest BCUT2D eigenvalue weighted by molar-refractivity contribution is 5.76. The molecule has 0 spiro atoms. The van der Waals surface area contributed by atoms with E-state index in [2.05, 4.69) is 15.0 Å². The summed E-state index contributed by atoms with van der Waals surface area (Å²) in [6.07, 6.45) is 10.3. The minimum Gasteiger partial charge on any atom is -0.377 e. The number of amides is 1. The van der Waals surface area contributed by atoms with Gasteiger partial charge in [-0.1, -0.05) is 0 Å². The van der Waals surface area contributed by atoms with Gasteiger partial charge >= 0.3 is 0 Å². The first-order valence-electron chi connectivity index (χ1n) is 7.84. The van der Waals surface area contributed by atoms with Crippen LogP contribution >= 0.6 is 0 Å². The third-order valence-corrected chi connectivity index (χ3v) is 4.13. The van der Waals surface area contributed by atoms with Crippen molar-refractivity contribution in [2.45, 2.75) is 32.4 Å². The number of rotatable bonds is 5.